The molecule has 0 saturated heterocycles. The maximum atomic E-state index is 11.2. The van der Waals surface area contributed by atoms with E-state index in [1.165, 1.54) is 36.4 Å². The predicted octanol–water partition coefficient (Wildman–Crippen LogP) is 2.72. The Morgan fingerprint density at radius 3 is 1.46 bits per heavy atom. The van der Waals surface area contributed by atoms with E-state index in [1.807, 2.05) is 0 Å². The SMILES string of the molecule is O=Cc1ccc(OC/C=C/COc2ccc(C=O)cc2C(=O)O)c(C(=O)O)c1. The van der Waals surface area contributed by atoms with Crippen molar-refractivity contribution in [2.75, 3.05) is 13.2 Å². The molecule has 0 saturated carbocycles. The van der Waals surface area contributed by atoms with Crippen LogP contribution >= 0.6 is 0 Å². The third-order valence-electron chi connectivity index (χ3n) is 3.58. The minimum absolute atomic E-state index is 0.0416. The Labute approximate surface area is 159 Å². The van der Waals surface area contributed by atoms with Crippen LogP contribution in [0.15, 0.2) is 48.6 Å². The van der Waals surface area contributed by atoms with Crippen LogP contribution in [0.4, 0.5) is 0 Å². The van der Waals surface area contributed by atoms with Gasteiger partial charge in [0.05, 0.1) is 0 Å². The number of carbonyl (C=O) groups excluding carboxylic acids is 2. The zero-order valence-corrected chi connectivity index (χ0v) is 14.5. The second-order valence-corrected chi connectivity index (χ2v) is 5.45. The molecule has 0 bridgehead atoms. The molecule has 2 rings (SSSR count). The first-order valence-corrected chi connectivity index (χ1v) is 8.02. The summed E-state index contributed by atoms with van der Waals surface area (Å²) in [5, 5.41) is 18.3. The third-order valence-corrected chi connectivity index (χ3v) is 3.58. The molecule has 0 aliphatic rings. The largest absolute Gasteiger partial charge is 0.489 e. The number of aldehydes is 2. The van der Waals surface area contributed by atoms with Crippen molar-refractivity contribution in [3.8, 4) is 11.5 Å². The fourth-order valence-corrected chi connectivity index (χ4v) is 2.24. The summed E-state index contributed by atoms with van der Waals surface area (Å²) < 4.78 is 10.7. The van der Waals surface area contributed by atoms with E-state index in [2.05, 4.69) is 0 Å². The van der Waals surface area contributed by atoms with Gasteiger partial charge in [-0.3, -0.25) is 9.59 Å². The Bertz CT molecular complexity index is 854. The summed E-state index contributed by atoms with van der Waals surface area (Å²) in [5.41, 5.74) is 0.193. The van der Waals surface area contributed by atoms with Gasteiger partial charge < -0.3 is 19.7 Å². The topological polar surface area (TPSA) is 127 Å². The molecule has 0 fully saturated rings. The van der Waals surface area contributed by atoms with Crippen LogP contribution in [0.3, 0.4) is 0 Å². The van der Waals surface area contributed by atoms with E-state index in [1.54, 1.807) is 12.2 Å². The summed E-state index contributed by atoms with van der Waals surface area (Å²) in [6, 6.07) is 8.11. The highest BCUT2D eigenvalue weighted by atomic mass is 16.5. The number of hydrogen-bond acceptors (Lipinski definition) is 6. The second kappa shape index (κ2) is 9.67. The maximum Gasteiger partial charge on any atom is 0.339 e. The molecule has 0 radical (unpaired) electrons. The minimum Gasteiger partial charge on any atom is -0.489 e. The minimum atomic E-state index is -1.22. The molecule has 2 N–H and O–H groups in total. The van der Waals surface area contributed by atoms with Crippen LogP contribution in [0.25, 0.3) is 0 Å². The third kappa shape index (κ3) is 5.28. The highest BCUT2D eigenvalue weighted by Crippen LogP contribution is 2.21. The van der Waals surface area contributed by atoms with Gasteiger partial charge in [-0.1, -0.05) is 0 Å². The van der Waals surface area contributed by atoms with Gasteiger partial charge in [0.1, 0.15) is 48.4 Å². The summed E-state index contributed by atoms with van der Waals surface area (Å²) in [6.07, 6.45) is 4.22. The highest BCUT2D eigenvalue weighted by molar-refractivity contribution is 5.93. The van der Waals surface area contributed by atoms with Crippen molar-refractivity contribution in [2.24, 2.45) is 0 Å². The molecule has 8 heteroatoms. The van der Waals surface area contributed by atoms with Gasteiger partial charge in [0, 0.05) is 11.1 Å². The van der Waals surface area contributed by atoms with Crippen LogP contribution < -0.4 is 9.47 Å². The van der Waals surface area contributed by atoms with Gasteiger partial charge in [-0.25, -0.2) is 9.59 Å². The van der Waals surface area contributed by atoms with Crippen molar-refractivity contribution in [1.82, 2.24) is 0 Å². The summed E-state index contributed by atoms with van der Waals surface area (Å²) in [7, 11) is 0. The fraction of sp³-hybridized carbons (Fsp3) is 0.100. The fourth-order valence-electron chi connectivity index (χ4n) is 2.24. The number of carboxylic acids is 2. The van der Waals surface area contributed by atoms with Crippen LogP contribution in [0.2, 0.25) is 0 Å². The number of hydrogen-bond donors (Lipinski definition) is 2. The van der Waals surface area contributed by atoms with Crippen LogP contribution in [-0.2, 0) is 0 Å². The molecule has 8 nitrogen and oxygen atoms in total. The number of carboxylic acid groups (broad SMARTS) is 2. The van der Waals surface area contributed by atoms with Gasteiger partial charge in [-0.2, -0.15) is 0 Å². The lowest BCUT2D eigenvalue weighted by Crippen LogP contribution is -2.05. The number of ether oxygens (including phenoxy) is 2. The van der Waals surface area contributed by atoms with E-state index in [4.69, 9.17) is 19.7 Å². The second-order valence-electron chi connectivity index (χ2n) is 5.45. The van der Waals surface area contributed by atoms with Gasteiger partial charge in [0.2, 0.25) is 0 Å². The van der Waals surface area contributed by atoms with Crippen molar-refractivity contribution in [1.29, 1.82) is 0 Å². The first kappa shape index (κ1) is 20.4. The van der Waals surface area contributed by atoms with Crippen LogP contribution in [0.1, 0.15) is 41.4 Å². The Kier molecular flexibility index (Phi) is 7.04. The van der Waals surface area contributed by atoms with Crippen molar-refractivity contribution in [3.05, 3.63) is 70.8 Å². The lowest BCUT2D eigenvalue weighted by Gasteiger charge is -2.08. The van der Waals surface area contributed by atoms with Gasteiger partial charge in [-0.05, 0) is 48.6 Å². The van der Waals surface area contributed by atoms with E-state index >= 15 is 0 Å². The Balaban J connectivity index is 1.94. The van der Waals surface area contributed by atoms with Crippen LogP contribution in [0.5, 0.6) is 11.5 Å². The lowest BCUT2D eigenvalue weighted by molar-refractivity contribution is 0.0681. The van der Waals surface area contributed by atoms with Crippen LogP contribution in [-0.4, -0.2) is 47.9 Å². The van der Waals surface area contributed by atoms with Gasteiger partial charge in [-0.15, -0.1) is 0 Å². The molecule has 28 heavy (non-hydrogen) atoms. The van der Waals surface area contributed by atoms with Crippen LogP contribution in [0, 0.1) is 0 Å². The first-order chi connectivity index (χ1) is 13.5. The zero-order chi connectivity index (χ0) is 20.5. The zero-order valence-electron chi connectivity index (χ0n) is 14.5. The summed E-state index contributed by atoms with van der Waals surface area (Å²) in [6.45, 7) is 0.0832. The normalized spacial score (nSPS) is 10.4. The molecule has 2 aromatic rings. The Morgan fingerprint density at radius 1 is 0.750 bits per heavy atom. The Hall–Kier alpha value is -3.94. The summed E-state index contributed by atoms with van der Waals surface area (Å²) >= 11 is 0. The van der Waals surface area contributed by atoms with Gasteiger partial charge >= 0.3 is 11.9 Å². The van der Waals surface area contributed by atoms with Crippen molar-refractivity contribution >= 4 is 24.5 Å². The average molecular weight is 384 g/mol. The van der Waals surface area contributed by atoms with E-state index in [-0.39, 0.29) is 47.0 Å². The van der Waals surface area contributed by atoms with Gasteiger partial charge in [0.25, 0.3) is 0 Å². The number of carbonyl (C=O) groups is 4. The lowest BCUT2D eigenvalue weighted by atomic mass is 10.1. The summed E-state index contributed by atoms with van der Waals surface area (Å²) in [5.74, 6) is -2.21. The standard InChI is InChI=1S/C20H16O8/c21-11-13-3-5-17(15(9-13)19(23)24)27-7-1-2-8-28-18-6-4-14(12-22)10-16(18)20(25)26/h1-6,9-12H,7-8H2,(H,23,24)(H,25,26)/b2-1+. The summed E-state index contributed by atoms with van der Waals surface area (Å²) in [4.78, 5) is 43.9. The molecular weight excluding hydrogens is 368 g/mol. The van der Waals surface area contributed by atoms with E-state index < -0.39 is 11.9 Å². The molecule has 0 atom stereocenters. The Morgan fingerprint density at radius 2 is 1.14 bits per heavy atom. The number of rotatable bonds is 10. The van der Waals surface area contributed by atoms with E-state index in [0.717, 1.165) is 0 Å². The number of aromatic carboxylic acids is 2. The molecule has 144 valence electrons. The van der Waals surface area contributed by atoms with Crippen molar-refractivity contribution in [2.45, 2.75) is 0 Å². The van der Waals surface area contributed by atoms with E-state index in [0.29, 0.717) is 12.6 Å². The molecular formula is C20H16O8. The molecule has 0 unspecified atom stereocenters. The average Bonchev–Trinajstić information content (AvgIpc) is 2.70. The van der Waals surface area contributed by atoms with Crippen molar-refractivity contribution in [3.63, 3.8) is 0 Å². The molecule has 0 amide bonds. The quantitative estimate of drug-likeness (QED) is 0.473. The highest BCUT2D eigenvalue weighted by Gasteiger charge is 2.13. The molecule has 0 aliphatic heterocycles. The van der Waals surface area contributed by atoms with Gasteiger partial charge in [0.15, 0.2) is 0 Å². The molecule has 0 aliphatic carbocycles. The molecule has 0 heterocycles. The molecule has 0 aromatic heterocycles. The maximum absolute atomic E-state index is 11.2. The van der Waals surface area contributed by atoms with Crippen molar-refractivity contribution < 1.29 is 38.9 Å². The molecule has 2 aromatic carbocycles. The predicted molar refractivity (Wildman–Crippen MR) is 97.7 cm³/mol. The molecule has 0 spiro atoms. The monoisotopic (exact) mass is 384 g/mol. The van der Waals surface area contributed by atoms with E-state index in [9.17, 15) is 19.2 Å². The number of benzene rings is 2. The smallest absolute Gasteiger partial charge is 0.339 e. The first-order valence-electron chi connectivity index (χ1n) is 8.02.